The highest BCUT2D eigenvalue weighted by Crippen LogP contribution is 2.39. The van der Waals surface area contributed by atoms with Crippen LogP contribution in [0.4, 0.5) is 5.13 Å². The molecule has 0 spiro atoms. The lowest BCUT2D eigenvalue weighted by Crippen LogP contribution is -2.40. The smallest absolute Gasteiger partial charge is 0.229 e. The van der Waals surface area contributed by atoms with Crippen LogP contribution in [0.3, 0.4) is 0 Å². The molecule has 1 amide bonds. The van der Waals surface area contributed by atoms with Gasteiger partial charge in [-0.15, -0.1) is 23.7 Å². The second-order valence-corrected chi connectivity index (χ2v) is 6.69. The molecule has 1 aliphatic carbocycles. The highest BCUT2D eigenvalue weighted by atomic mass is 35.5. The van der Waals surface area contributed by atoms with Crippen molar-refractivity contribution in [2.45, 2.75) is 52.4 Å². The van der Waals surface area contributed by atoms with E-state index in [2.05, 4.69) is 4.98 Å². The molecule has 2 rings (SSSR count). The number of halogens is 1. The SMILES string of the molecule is CCN(C(=O)CC1(CN)CCCCC1)c1nc(C)cs1.Cl. The molecule has 0 unspecified atom stereocenters. The summed E-state index contributed by atoms with van der Waals surface area (Å²) in [5.74, 6) is 0.175. The average Bonchev–Trinajstić information content (AvgIpc) is 2.87. The maximum Gasteiger partial charge on any atom is 0.229 e. The minimum Gasteiger partial charge on any atom is -0.330 e. The van der Waals surface area contributed by atoms with Gasteiger partial charge in [-0.1, -0.05) is 19.3 Å². The van der Waals surface area contributed by atoms with E-state index in [1.54, 1.807) is 11.3 Å². The van der Waals surface area contributed by atoms with Crippen LogP contribution in [0.1, 0.15) is 51.1 Å². The minimum atomic E-state index is 0. The van der Waals surface area contributed by atoms with Crippen LogP contribution in [0.15, 0.2) is 5.38 Å². The minimum absolute atomic E-state index is 0. The third kappa shape index (κ3) is 4.41. The van der Waals surface area contributed by atoms with Crippen LogP contribution >= 0.6 is 23.7 Å². The number of amides is 1. The van der Waals surface area contributed by atoms with Crippen molar-refractivity contribution in [3.05, 3.63) is 11.1 Å². The van der Waals surface area contributed by atoms with Crippen LogP contribution in [0.25, 0.3) is 0 Å². The van der Waals surface area contributed by atoms with Crippen molar-refractivity contribution in [2.24, 2.45) is 11.1 Å². The molecule has 4 nitrogen and oxygen atoms in total. The fraction of sp³-hybridized carbons (Fsp3) is 0.733. The Bertz CT molecular complexity index is 458. The molecule has 0 saturated heterocycles. The number of hydrogen-bond donors (Lipinski definition) is 1. The first-order chi connectivity index (χ1) is 9.60. The summed E-state index contributed by atoms with van der Waals surface area (Å²) in [6, 6.07) is 0. The second-order valence-electron chi connectivity index (χ2n) is 5.85. The lowest BCUT2D eigenvalue weighted by molar-refractivity contribution is -0.121. The molecule has 0 aliphatic heterocycles. The number of nitrogens with zero attached hydrogens (tertiary/aromatic N) is 2. The van der Waals surface area contributed by atoms with E-state index in [9.17, 15) is 4.79 Å². The molecule has 0 aromatic carbocycles. The fourth-order valence-corrected chi connectivity index (χ4v) is 3.94. The van der Waals surface area contributed by atoms with Gasteiger partial charge < -0.3 is 5.73 Å². The zero-order valence-corrected chi connectivity index (χ0v) is 14.6. The van der Waals surface area contributed by atoms with Crippen LogP contribution in [-0.4, -0.2) is 24.0 Å². The van der Waals surface area contributed by atoms with Crippen LogP contribution in [0, 0.1) is 12.3 Å². The summed E-state index contributed by atoms with van der Waals surface area (Å²) in [4.78, 5) is 18.9. The Hall–Kier alpha value is -0.650. The second kappa shape index (κ2) is 8.11. The van der Waals surface area contributed by atoms with Gasteiger partial charge in [0.25, 0.3) is 0 Å². The van der Waals surface area contributed by atoms with Crippen LogP contribution in [0.5, 0.6) is 0 Å². The van der Waals surface area contributed by atoms with Gasteiger partial charge in [0.2, 0.25) is 5.91 Å². The van der Waals surface area contributed by atoms with Crippen molar-refractivity contribution in [3.63, 3.8) is 0 Å². The summed E-state index contributed by atoms with van der Waals surface area (Å²) in [6.07, 6.45) is 6.42. The standard InChI is InChI=1S/C15H25N3OS.ClH/c1-3-18(14-17-12(2)10-20-14)13(19)9-15(11-16)7-5-4-6-8-15;/h10H,3-9,11,16H2,1-2H3;1H. The van der Waals surface area contributed by atoms with Gasteiger partial charge in [-0.3, -0.25) is 9.69 Å². The predicted octanol–water partition coefficient (Wildman–Crippen LogP) is 3.53. The van der Waals surface area contributed by atoms with E-state index >= 15 is 0 Å². The van der Waals surface area contributed by atoms with Crippen molar-refractivity contribution in [2.75, 3.05) is 18.0 Å². The molecule has 2 N–H and O–H groups in total. The first-order valence-corrected chi connectivity index (χ1v) is 8.41. The molecule has 21 heavy (non-hydrogen) atoms. The molecular formula is C15H26ClN3OS. The first kappa shape index (κ1) is 18.4. The van der Waals surface area contributed by atoms with Crippen molar-refractivity contribution < 1.29 is 4.79 Å². The molecule has 1 aliphatic rings. The summed E-state index contributed by atoms with van der Waals surface area (Å²) in [5, 5.41) is 2.81. The highest BCUT2D eigenvalue weighted by molar-refractivity contribution is 7.14. The molecule has 0 radical (unpaired) electrons. The Kier molecular flexibility index (Phi) is 7.10. The number of thiazole rings is 1. The van der Waals surface area contributed by atoms with Gasteiger partial charge in [-0.2, -0.15) is 0 Å². The predicted molar refractivity (Wildman–Crippen MR) is 91.3 cm³/mol. The third-order valence-electron chi connectivity index (χ3n) is 4.33. The van der Waals surface area contributed by atoms with Crippen LogP contribution in [-0.2, 0) is 4.79 Å². The molecule has 1 aromatic rings. The number of anilines is 1. The van der Waals surface area contributed by atoms with Gasteiger partial charge in [0.1, 0.15) is 0 Å². The van der Waals surface area contributed by atoms with Crippen LogP contribution < -0.4 is 10.6 Å². The maximum absolute atomic E-state index is 12.7. The van der Waals surface area contributed by atoms with Gasteiger partial charge >= 0.3 is 0 Å². The molecule has 0 atom stereocenters. The van der Waals surface area contributed by atoms with Gasteiger partial charge in [0, 0.05) is 18.3 Å². The van der Waals surface area contributed by atoms with Gasteiger partial charge in [-0.25, -0.2) is 4.98 Å². The average molecular weight is 332 g/mol. The number of aromatic nitrogens is 1. The van der Waals surface area contributed by atoms with Crippen molar-refractivity contribution in [1.82, 2.24) is 4.98 Å². The van der Waals surface area contributed by atoms with Gasteiger partial charge in [-0.05, 0) is 38.6 Å². The molecular weight excluding hydrogens is 306 g/mol. The highest BCUT2D eigenvalue weighted by Gasteiger charge is 2.34. The van der Waals surface area contributed by atoms with Gasteiger partial charge in [0.15, 0.2) is 5.13 Å². The number of carbonyl (C=O) groups is 1. The van der Waals surface area contributed by atoms with E-state index < -0.39 is 0 Å². The summed E-state index contributed by atoms with van der Waals surface area (Å²) in [7, 11) is 0. The molecule has 1 saturated carbocycles. The van der Waals surface area contributed by atoms with Gasteiger partial charge in [0.05, 0.1) is 5.69 Å². The monoisotopic (exact) mass is 331 g/mol. The number of hydrogen-bond acceptors (Lipinski definition) is 4. The third-order valence-corrected chi connectivity index (χ3v) is 5.31. The normalized spacial score (nSPS) is 17.1. The van der Waals surface area contributed by atoms with E-state index in [0.29, 0.717) is 19.5 Å². The molecule has 1 heterocycles. The first-order valence-electron chi connectivity index (χ1n) is 7.53. The Labute approximate surface area is 137 Å². The maximum atomic E-state index is 12.7. The van der Waals surface area contributed by atoms with Crippen molar-refractivity contribution in [1.29, 1.82) is 0 Å². The Morgan fingerprint density at radius 3 is 2.57 bits per heavy atom. The lowest BCUT2D eigenvalue weighted by atomic mass is 9.71. The van der Waals surface area contributed by atoms with Crippen molar-refractivity contribution in [3.8, 4) is 0 Å². The summed E-state index contributed by atoms with van der Waals surface area (Å²) < 4.78 is 0. The zero-order chi connectivity index (χ0) is 14.6. The van der Waals surface area contributed by atoms with E-state index in [0.717, 1.165) is 23.7 Å². The number of aryl methyl sites for hydroxylation is 1. The Balaban J connectivity index is 0.00000220. The molecule has 120 valence electrons. The summed E-state index contributed by atoms with van der Waals surface area (Å²) >= 11 is 1.54. The zero-order valence-electron chi connectivity index (χ0n) is 12.9. The van der Waals surface area contributed by atoms with Crippen molar-refractivity contribution >= 4 is 34.8 Å². The Morgan fingerprint density at radius 2 is 2.10 bits per heavy atom. The van der Waals surface area contributed by atoms with E-state index in [1.165, 1.54) is 19.3 Å². The number of rotatable bonds is 5. The quantitative estimate of drug-likeness (QED) is 0.898. The van der Waals surface area contributed by atoms with E-state index in [4.69, 9.17) is 5.73 Å². The molecule has 1 aromatic heterocycles. The molecule has 6 heteroatoms. The topological polar surface area (TPSA) is 59.2 Å². The number of carbonyl (C=O) groups excluding carboxylic acids is 1. The molecule has 1 fully saturated rings. The van der Waals surface area contributed by atoms with E-state index in [-0.39, 0.29) is 23.7 Å². The summed E-state index contributed by atoms with van der Waals surface area (Å²) in [6.45, 7) is 5.26. The number of nitrogens with two attached hydrogens (primary N) is 1. The Morgan fingerprint density at radius 1 is 1.43 bits per heavy atom. The summed E-state index contributed by atoms with van der Waals surface area (Å²) in [5.41, 5.74) is 6.98. The molecule has 0 bridgehead atoms. The van der Waals surface area contributed by atoms with Crippen LogP contribution in [0.2, 0.25) is 0 Å². The van der Waals surface area contributed by atoms with E-state index in [1.807, 2.05) is 24.1 Å². The fourth-order valence-electron chi connectivity index (χ4n) is 3.05. The lowest BCUT2D eigenvalue weighted by Gasteiger charge is -2.36. The largest absolute Gasteiger partial charge is 0.330 e.